The Morgan fingerprint density at radius 2 is 2.33 bits per heavy atom. The van der Waals surface area contributed by atoms with Gasteiger partial charge in [-0.05, 0) is 6.07 Å². The zero-order valence-electron chi connectivity index (χ0n) is 6.38. The maximum atomic E-state index is 5.19. The molecule has 0 aliphatic carbocycles. The molecule has 2 rings (SSSR count). The number of para-hydroxylation sites is 1. The maximum absolute atomic E-state index is 5.19. The summed E-state index contributed by atoms with van der Waals surface area (Å²) < 4.78 is 5.19. The van der Waals surface area contributed by atoms with Crippen LogP contribution in [0.15, 0.2) is 24.3 Å². The first-order valence-electron chi connectivity index (χ1n) is 3.74. The molecule has 3 heteroatoms. The SMILES string of the molecule is IOc1cccc2c1NCC=C2. The van der Waals surface area contributed by atoms with Crippen molar-refractivity contribution in [2.45, 2.75) is 0 Å². The van der Waals surface area contributed by atoms with Crippen LogP contribution in [0.1, 0.15) is 5.56 Å². The minimum Gasteiger partial charge on any atom is -0.425 e. The van der Waals surface area contributed by atoms with Crippen molar-refractivity contribution < 1.29 is 3.07 Å². The number of rotatable bonds is 1. The third-order valence-corrected chi connectivity index (χ3v) is 2.31. The Morgan fingerprint density at radius 1 is 1.42 bits per heavy atom. The molecule has 0 unspecified atom stereocenters. The summed E-state index contributed by atoms with van der Waals surface area (Å²) in [6.45, 7) is 0.879. The normalized spacial score (nSPS) is 13.4. The molecule has 0 amide bonds. The van der Waals surface area contributed by atoms with Gasteiger partial charge in [0.1, 0.15) is 0 Å². The van der Waals surface area contributed by atoms with Crippen LogP contribution in [-0.4, -0.2) is 6.54 Å². The fourth-order valence-corrected chi connectivity index (χ4v) is 1.65. The average Bonchev–Trinajstić information content (AvgIpc) is 2.17. The zero-order chi connectivity index (χ0) is 8.39. The van der Waals surface area contributed by atoms with E-state index in [0.717, 1.165) is 18.0 Å². The zero-order valence-corrected chi connectivity index (χ0v) is 8.54. The van der Waals surface area contributed by atoms with Gasteiger partial charge in [0.2, 0.25) is 0 Å². The first-order chi connectivity index (χ1) is 5.92. The lowest BCUT2D eigenvalue weighted by Gasteiger charge is -2.14. The molecule has 0 fully saturated rings. The van der Waals surface area contributed by atoms with Gasteiger partial charge in [0.05, 0.1) is 5.69 Å². The first-order valence-corrected chi connectivity index (χ1v) is 4.62. The molecule has 0 atom stereocenters. The fourth-order valence-electron chi connectivity index (χ4n) is 1.29. The molecule has 2 nitrogen and oxygen atoms in total. The third kappa shape index (κ3) is 1.29. The van der Waals surface area contributed by atoms with Crippen LogP contribution in [-0.2, 0) is 0 Å². The van der Waals surface area contributed by atoms with Crippen molar-refractivity contribution in [2.75, 3.05) is 11.9 Å². The molecule has 1 aromatic carbocycles. The summed E-state index contributed by atoms with van der Waals surface area (Å²) in [7, 11) is 0. The monoisotopic (exact) mass is 273 g/mol. The van der Waals surface area contributed by atoms with Crippen molar-refractivity contribution in [3.63, 3.8) is 0 Å². The van der Waals surface area contributed by atoms with Crippen LogP contribution < -0.4 is 8.38 Å². The predicted octanol–water partition coefficient (Wildman–Crippen LogP) is 2.85. The summed E-state index contributed by atoms with van der Waals surface area (Å²) in [6.07, 6.45) is 4.20. The van der Waals surface area contributed by atoms with E-state index in [4.69, 9.17) is 3.07 Å². The lowest BCUT2D eigenvalue weighted by Crippen LogP contribution is -2.04. The Kier molecular flexibility index (Phi) is 2.21. The standard InChI is InChI=1S/C9H8INO/c10-12-8-5-1-3-7-4-2-6-11-9(7)8/h1-5,11H,6H2. The van der Waals surface area contributed by atoms with E-state index in [1.807, 2.05) is 35.1 Å². The highest BCUT2D eigenvalue weighted by atomic mass is 127. The molecule has 1 heterocycles. The van der Waals surface area contributed by atoms with E-state index in [1.54, 1.807) is 0 Å². The van der Waals surface area contributed by atoms with Crippen LogP contribution in [0.3, 0.4) is 0 Å². The van der Waals surface area contributed by atoms with Crippen molar-refractivity contribution in [1.82, 2.24) is 0 Å². The number of benzene rings is 1. The van der Waals surface area contributed by atoms with Crippen LogP contribution >= 0.6 is 23.0 Å². The third-order valence-electron chi connectivity index (χ3n) is 1.84. The Hall–Kier alpha value is -0.710. The number of halogens is 1. The average molecular weight is 273 g/mol. The van der Waals surface area contributed by atoms with Crippen LogP contribution in [0.4, 0.5) is 5.69 Å². The highest BCUT2D eigenvalue weighted by Crippen LogP contribution is 2.32. The quantitative estimate of drug-likeness (QED) is 0.794. The Bertz CT molecular complexity index is 322. The molecule has 0 saturated carbocycles. The van der Waals surface area contributed by atoms with E-state index in [1.165, 1.54) is 5.56 Å². The summed E-state index contributed by atoms with van der Waals surface area (Å²) in [5.41, 5.74) is 2.28. The second-order valence-electron chi connectivity index (χ2n) is 2.58. The second-order valence-corrected chi connectivity index (χ2v) is 3.02. The van der Waals surface area contributed by atoms with Gasteiger partial charge in [0.15, 0.2) is 28.8 Å². The minimum atomic E-state index is 0.879. The van der Waals surface area contributed by atoms with Gasteiger partial charge >= 0.3 is 0 Å². The molecule has 1 aliphatic heterocycles. The van der Waals surface area contributed by atoms with Crippen LogP contribution in [0.2, 0.25) is 0 Å². The molecule has 0 saturated heterocycles. The number of hydrogen-bond donors (Lipinski definition) is 1. The van der Waals surface area contributed by atoms with E-state index in [0.29, 0.717) is 0 Å². The van der Waals surface area contributed by atoms with Gasteiger partial charge in [-0.1, -0.05) is 24.3 Å². The first kappa shape index (κ1) is 7.91. The topological polar surface area (TPSA) is 21.3 Å². The Labute approximate surface area is 85.3 Å². The molecular weight excluding hydrogens is 265 g/mol. The molecular formula is C9H8INO. The summed E-state index contributed by atoms with van der Waals surface area (Å²) in [5, 5.41) is 3.27. The molecule has 1 aromatic rings. The fraction of sp³-hybridized carbons (Fsp3) is 0.111. The lowest BCUT2D eigenvalue weighted by atomic mass is 10.1. The van der Waals surface area contributed by atoms with Crippen molar-refractivity contribution in [3.05, 3.63) is 29.8 Å². The van der Waals surface area contributed by atoms with Gasteiger partial charge in [-0.2, -0.15) is 0 Å². The van der Waals surface area contributed by atoms with Crippen molar-refractivity contribution in [1.29, 1.82) is 0 Å². The van der Waals surface area contributed by atoms with Gasteiger partial charge in [0.25, 0.3) is 0 Å². The van der Waals surface area contributed by atoms with Gasteiger partial charge < -0.3 is 8.38 Å². The Morgan fingerprint density at radius 3 is 3.17 bits per heavy atom. The van der Waals surface area contributed by atoms with Crippen molar-refractivity contribution in [2.24, 2.45) is 0 Å². The molecule has 0 radical (unpaired) electrons. The number of hydrogen-bond acceptors (Lipinski definition) is 2. The molecule has 1 aliphatic rings. The van der Waals surface area contributed by atoms with E-state index in [2.05, 4.69) is 23.5 Å². The predicted molar refractivity (Wildman–Crippen MR) is 58.6 cm³/mol. The smallest absolute Gasteiger partial charge is 0.192 e. The van der Waals surface area contributed by atoms with Gasteiger partial charge in [-0.3, -0.25) is 0 Å². The summed E-state index contributed by atoms with van der Waals surface area (Å²) >= 11 is 1.90. The van der Waals surface area contributed by atoms with Crippen LogP contribution in [0.5, 0.6) is 5.75 Å². The molecule has 12 heavy (non-hydrogen) atoms. The molecule has 62 valence electrons. The van der Waals surface area contributed by atoms with Gasteiger partial charge in [-0.15, -0.1) is 0 Å². The number of anilines is 1. The van der Waals surface area contributed by atoms with Crippen molar-refractivity contribution in [3.8, 4) is 5.75 Å². The number of nitrogens with one attached hydrogen (secondary N) is 1. The van der Waals surface area contributed by atoms with E-state index in [9.17, 15) is 0 Å². The largest absolute Gasteiger partial charge is 0.425 e. The summed E-state index contributed by atoms with van der Waals surface area (Å²) in [6, 6.07) is 6.01. The van der Waals surface area contributed by atoms with Crippen LogP contribution in [0.25, 0.3) is 6.08 Å². The minimum absolute atomic E-state index is 0.879. The van der Waals surface area contributed by atoms with Crippen LogP contribution in [0, 0.1) is 0 Å². The molecule has 0 spiro atoms. The second kappa shape index (κ2) is 3.35. The van der Waals surface area contributed by atoms with Crippen molar-refractivity contribution >= 4 is 34.8 Å². The molecule has 0 aromatic heterocycles. The summed E-state index contributed by atoms with van der Waals surface area (Å²) in [5.74, 6) is 0.900. The number of fused-ring (bicyclic) bond motifs is 1. The Balaban J connectivity index is 2.53. The van der Waals surface area contributed by atoms with Gasteiger partial charge in [0, 0.05) is 12.1 Å². The lowest BCUT2D eigenvalue weighted by molar-refractivity contribution is 0.718. The van der Waals surface area contributed by atoms with E-state index < -0.39 is 0 Å². The molecule has 0 bridgehead atoms. The van der Waals surface area contributed by atoms with E-state index >= 15 is 0 Å². The highest BCUT2D eigenvalue weighted by molar-refractivity contribution is 14.1. The maximum Gasteiger partial charge on any atom is 0.192 e. The summed E-state index contributed by atoms with van der Waals surface area (Å²) in [4.78, 5) is 0. The highest BCUT2D eigenvalue weighted by Gasteiger charge is 2.08. The van der Waals surface area contributed by atoms with Gasteiger partial charge in [-0.25, -0.2) is 0 Å². The molecule has 1 N–H and O–H groups in total. The van der Waals surface area contributed by atoms with E-state index in [-0.39, 0.29) is 0 Å².